The summed E-state index contributed by atoms with van der Waals surface area (Å²) in [7, 11) is 0. The van der Waals surface area contributed by atoms with Gasteiger partial charge in [0.05, 0.1) is 0 Å². The summed E-state index contributed by atoms with van der Waals surface area (Å²) in [6.45, 7) is 3.90. The van der Waals surface area contributed by atoms with Gasteiger partial charge in [0.15, 0.2) is 5.69 Å². The second-order valence-electron chi connectivity index (χ2n) is 5.74. The summed E-state index contributed by atoms with van der Waals surface area (Å²) in [6.07, 6.45) is 2.38. The molecule has 0 radical (unpaired) electrons. The Balaban J connectivity index is 2.25. The molecule has 0 aliphatic heterocycles. The Bertz CT molecular complexity index is 701. The first-order valence-electron chi connectivity index (χ1n) is 7.08. The Kier molecular flexibility index (Phi) is 3.27. The van der Waals surface area contributed by atoms with E-state index in [1.807, 2.05) is 0 Å². The summed E-state index contributed by atoms with van der Waals surface area (Å²) < 4.78 is 15.7. The van der Waals surface area contributed by atoms with Crippen LogP contribution in [-0.2, 0) is 12.8 Å². The van der Waals surface area contributed by atoms with Crippen LogP contribution in [0.25, 0.3) is 5.69 Å². The van der Waals surface area contributed by atoms with E-state index in [4.69, 9.17) is 0 Å². The highest BCUT2D eigenvalue weighted by molar-refractivity contribution is 5.87. The second-order valence-corrected chi connectivity index (χ2v) is 5.74. The van der Waals surface area contributed by atoms with Crippen molar-refractivity contribution < 1.29 is 14.3 Å². The molecule has 0 saturated carbocycles. The number of hydrogen-bond acceptors (Lipinski definition) is 2. The van der Waals surface area contributed by atoms with E-state index in [9.17, 15) is 14.3 Å². The first-order chi connectivity index (χ1) is 9.99. The van der Waals surface area contributed by atoms with Gasteiger partial charge in [-0.05, 0) is 43.7 Å². The fraction of sp³-hybridized carbons (Fsp3) is 0.375. The van der Waals surface area contributed by atoms with Gasteiger partial charge in [0, 0.05) is 11.3 Å². The molecule has 0 spiro atoms. The maximum atomic E-state index is 14.2. The Morgan fingerprint density at radius 2 is 2.24 bits per heavy atom. The Hall–Kier alpha value is -2.17. The van der Waals surface area contributed by atoms with Crippen molar-refractivity contribution in [1.82, 2.24) is 9.78 Å². The topological polar surface area (TPSA) is 55.1 Å². The van der Waals surface area contributed by atoms with Gasteiger partial charge in [0.1, 0.15) is 11.5 Å². The van der Waals surface area contributed by atoms with E-state index in [0.717, 1.165) is 29.7 Å². The quantitative estimate of drug-likeness (QED) is 0.923. The van der Waals surface area contributed by atoms with Crippen molar-refractivity contribution in [2.24, 2.45) is 5.92 Å². The molecule has 1 aliphatic rings. The fourth-order valence-electron chi connectivity index (χ4n) is 3.04. The number of nitrogens with zero attached hydrogens (tertiary/aromatic N) is 2. The molecule has 1 heterocycles. The van der Waals surface area contributed by atoms with Crippen LogP contribution in [0.4, 0.5) is 4.39 Å². The van der Waals surface area contributed by atoms with Crippen LogP contribution in [0.3, 0.4) is 0 Å². The van der Waals surface area contributed by atoms with Crippen LogP contribution < -0.4 is 0 Å². The summed E-state index contributed by atoms with van der Waals surface area (Å²) in [4.78, 5) is 11.4. The molecule has 1 atom stereocenters. The molecule has 4 nitrogen and oxygen atoms in total. The zero-order chi connectivity index (χ0) is 15.1. The molecule has 0 saturated heterocycles. The number of fused-ring (bicyclic) bond motifs is 1. The van der Waals surface area contributed by atoms with Crippen molar-refractivity contribution in [3.63, 3.8) is 0 Å². The second kappa shape index (κ2) is 4.98. The first kappa shape index (κ1) is 13.8. The minimum atomic E-state index is -1.05. The molecule has 21 heavy (non-hydrogen) atoms. The Morgan fingerprint density at radius 1 is 1.48 bits per heavy atom. The Morgan fingerprint density at radius 3 is 2.90 bits per heavy atom. The minimum absolute atomic E-state index is 0.0548. The van der Waals surface area contributed by atoms with Crippen LogP contribution in [0, 0.1) is 18.7 Å². The number of aromatic carboxylic acids is 1. The molecule has 1 aliphatic carbocycles. The third kappa shape index (κ3) is 2.22. The van der Waals surface area contributed by atoms with Crippen LogP contribution in [0.2, 0.25) is 0 Å². The molecule has 3 rings (SSSR count). The number of aromatic nitrogens is 2. The molecule has 5 heteroatoms. The van der Waals surface area contributed by atoms with Crippen molar-refractivity contribution >= 4 is 5.97 Å². The number of aryl methyl sites for hydroxylation is 1. The average Bonchev–Trinajstić information content (AvgIpc) is 2.77. The molecule has 1 aromatic carbocycles. The number of rotatable bonds is 2. The van der Waals surface area contributed by atoms with E-state index in [0.29, 0.717) is 18.0 Å². The molecule has 0 bridgehead atoms. The number of carbonyl (C=O) groups is 1. The van der Waals surface area contributed by atoms with E-state index >= 15 is 0 Å². The molecule has 1 aromatic heterocycles. The lowest BCUT2D eigenvalue weighted by molar-refractivity contribution is 0.0688. The van der Waals surface area contributed by atoms with Crippen molar-refractivity contribution in [3.8, 4) is 5.69 Å². The molecule has 0 fully saturated rings. The van der Waals surface area contributed by atoms with E-state index in [1.165, 1.54) is 10.7 Å². The van der Waals surface area contributed by atoms with Crippen LogP contribution in [0.15, 0.2) is 18.2 Å². The van der Waals surface area contributed by atoms with Gasteiger partial charge in [-0.15, -0.1) is 0 Å². The van der Waals surface area contributed by atoms with Crippen LogP contribution in [0.5, 0.6) is 0 Å². The summed E-state index contributed by atoms with van der Waals surface area (Å²) >= 11 is 0. The average molecular weight is 288 g/mol. The predicted octanol–water partition coefficient (Wildman–Crippen LogP) is 3.14. The summed E-state index contributed by atoms with van der Waals surface area (Å²) in [5.41, 5.74) is 2.74. The monoisotopic (exact) mass is 288 g/mol. The maximum Gasteiger partial charge on any atom is 0.356 e. The molecule has 1 unspecified atom stereocenters. The predicted molar refractivity (Wildman–Crippen MR) is 76.4 cm³/mol. The number of benzene rings is 1. The van der Waals surface area contributed by atoms with E-state index in [-0.39, 0.29) is 11.5 Å². The third-order valence-electron chi connectivity index (χ3n) is 4.12. The first-order valence-corrected chi connectivity index (χ1v) is 7.08. The van der Waals surface area contributed by atoms with Gasteiger partial charge >= 0.3 is 5.97 Å². The number of para-hydroxylation sites is 1. The number of halogens is 1. The lowest BCUT2D eigenvalue weighted by Gasteiger charge is -2.20. The van der Waals surface area contributed by atoms with Gasteiger partial charge < -0.3 is 5.11 Å². The van der Waals surface area contributed by atoms with Gasteiger partial charge in [-0.3, -0.25) is 0 Å². The number of carboxylic acid groups (broad SMARTS) is 1. The highest BCUT2D eigenvalue weighted by atomic mass is 19.1. The molecular formula is C16H17FN2O2. The summed E-state index contributed by atoms with van der Waals surface area (Å²) in [5.74, 6) is -1.00. The van der Waals surface area contributed by atoms with Crippen LogP contribution >= 0.6 is 0 Å². The SMILES string of the molecule is Cc1cccc(F)c1-n1nc(C(=O)O)c2c1CCC(C)C2. The van der Waals surface area contributed by atoms with Crippen molar-refractivity contribution in [2.45, 2.75) is 33.1 Å². The lowest BCUT2D eigenvalue weighted by Crippen LogP contribution is -2.15. The molecule has 0 amide bonds. The highest BCUT2D eigenvalue weighted by Gasteiger charge is 2.29. The highest BCUT2D eigenvalue weighted by Crippen LogP contribution is 2.31. The minimum Gasteiger partial charge on any atom is -0.476 e. The summed E-state index contributed by atoms with van der Waals surface area (Å²) in [6, 6.07) is 4.82. The molecule has 2 aromatic rings. The fourth-order valence-corrected chi connectivity index (χ4v) is 3.04. The van der Waals surface area contributed by atoms with Gasteiger partial charge in [-0.1, -0.05) is 19.1 Å². The molecule has 1 N–H and O–H groups in total. The van der Waals surface area contributed by atoms with Crippen LogP contribution in [-0.4, -0.2) is 20.9 Å². The lowest BCUT2D eigenvalue weighted by atomic mass is 9.87. The van der Waals surface area contributed by atoms with E-state index in [1.54, 1.807) is 19.1 Å². The van der Waals surface area contributed by atoms with Gasteiger partial charge in [0.25, 0.3) is 0 Å². The van der Waals surface area contributed by atoms with Crippen molar-refractivity contribution in [2.75, 3.05) is 0 Å². The van der Waals surface area contributed by atoms with Gasteiger partial charge in [0.2, 0.25) is 0 Å². The number of hydrogen-bond donors (Lipinski definition) is 1. The maximum absolute atomic E-state index is 14.2. The van der Waals surface area contributed by atoms with Crippen molar-refractivity contribution in [1.29, 1.82) is 0 Å². The summed E-state index contributed by atoms with van der Waals surface area (Å²) in [5, 5.41) is 13.6. The van der Waals surface area contributed by atoms with Gasteiger partial charge in [-0.2, -0.15) is 5.10 Å². The van der Waals surface area contributed by atoms with Gasteiger partial charge in [-0.25, -0.2) is 13.9 Å². The molecule has 110 valence electrons. The zero-order valence-electron chi connectivity index (χ0n) is 12.1. The smallest absolute Gasteiger partial charge is 0.356 e. The largest absolute Gasteiger partial charge is 0.476 e. The third-order valence-corrected chi connectivity index (χ3v) is 4.12. The van der Waals surface area contributed by atoms with E-state index in [2.05, 4.69) is 12.0 Å². The number of carboxylic acids is 1. The van der Waals surface area contributed by atoms with Crippen LogP contribution in [0.1, 0.15) is 40.7 Å². The standard InChI is InChI=1S/C16H17FN2O2/c1-9-6-7-13-11(8-9)14(16(20)21)18-19(13)15-10(2)4-3-5-12(15)17/h3-5,9H,6-8H2,1-2H3,(H,20,21). The zero-order valence-corrected chi connectivity index (χ0v) is 12.1. The van der Waals surface area contributed by atoms with E-state index < -0.39 is 5.97 Å². The molecular weight excluding hydrogens is 271 g/mol. The van der Waals surface area contributed by atoms with Crippen molar-refractivity contribution in [3.05, 3.63) is 46.5 Å². The normalized spacial score (nSPS) is 17.6. The Labute approximate surface area is 122 Å².